The van der Waals surface area contributed by atoms with E-state index in [2.05, 4.69) is 5.10 Å². The molecule has 0 aliphatic carbocycles. The summed E-state index contributed by atoms with van der Waals surface area (Å²) in [6.45, 7) is 0.145. The molecule has 0 fully saturated rings. The molecule has 1 aromatic heterocycles. The molecule has 0 saturated carbocycles. The smallest absolute Gasteiger partial charge is 0.318 e. The van der Waals surface area contributed by atoms with Gasteiger partial charge in [0, 0.05) is 6.20 Å². The maximum absolute atomic E-state index is 13.4. The number of alkyl halides is 7. The summed E-state index contributed by atoms with van der Waals surface area (Å²) >= 11 is 0. The van der Waals surface area contributed by atoms with Crippen molar-refractivity contribution in [2.45, 2.75) is 24.6 Å². The van der Waals surface area contributed by atoms with Crippen molar-refractivity contribution in [1.29, 1.82) is 0 Å². The van der Waals surface area contributed by atoms with Crippen molar-refractivity contribution >= 4 is 22.4 Å². The zero-order valence-electron chi connectivity index (χ0n) is 14.4. The van der Waals surface area contributed by atoms with Crippen LogP contribution < -0.4 is 5.32 Å². The lowest BCUT2D eigenvalue weighted by molar-refractivity contribution is -0.343. The van der Waals surface area contributed by atoms with Crippen LogP contribution in [-0.4, -0.2) is 33.7 Å². The Morgan fingerprint density at radius 3 is 2.31 bits per heavy atom. The molecule has 2 aromatic carbocycles. The number of hydrogen-bond donors (Lipinski definition) is 1. The van der Waals surface area contributed by atoms with E-state index in [-0.39, 0.29) is 6.54 Å². The summed E-state index contributed by atoms with van der Waals surface area (Å²) in [4.78, 5) is 11.4. The van der Waals surface area contributed by atoms with Crippen LogP contribution in [0.2, 0.25) is 0 Å². The van der Waals surface area contributed by atoms with Gasteiger partial charge in [0.1, 0.15) is 0 Å². The highest BCUT2D eigenvalue weighted by atomic mass is 19.4. The zero-order valence-corrected chi connectivity index (χ0v) is 14.4. The van der Waals surface area contributed by atoms with Crippen LogP contribution in [-0.2, 0) is 11.3 Å². The average Bonchev–Trinajstić information content (AvgIpc) is 3.07. The molecular formula is C18H12F7N3O. The van der Waals surface area contributed by atoms with E-state index in [1.54, 1.807) is 12.1 Å². The van der Waals surface area contributed by atoms with Gasteiger partial charge in [-0.2, -0.15) is 35.8 Å². The molecule has 4 nitrogen and oxygen atoms in total. The Morgan fingerprint density at radius 1 is 0.966 bits per heavy atom. The molecule has 0 atom stereocenters. The van der Waals surface area contributed by atoms with E-state index in [4.69, 9.17) is 0 Å². The first-order valence-corrected chi connectivity index (χ1v) is 8.06. The second-order valence-corrected chi connectivity index (χ2v) is 6.17. The quantitative estimate of drug-likeness (QED) is 0.601. The normalized spacial score (nSPS) is 12.9. The number of hydrogen-bond acceptors (Lipinski definition) is 2. The van der Waals surface area contributed by atoms with Crippen LogP contribution in [0.3, 0.4) is 0 Å². The predicted molar refractivity (Wildman–Crippen MR) is 89.9 cm³/mol. The number of anilines is 1. The van der Waals surface area contributed by atoms with E-state index in [0.717, 1.165) is 28.7 Å². The monoisotopic (exact) mass is 419 g/mol. The largest absolute Gasteiger partial charge is 0.460 e. The molecule has 3 rings (SSSR count). The molecule has 0 bridgehead atoms. The van der Waals surface area contributed by atoms with Crippen LogP contribution in [0.15, 0.2) is 54.9 Å². The van der Waals surface area contributed by atoms with Gasteiger partial charge in [0.25, 0.3) is 0 Å². The number of halogens is 7. The summed E-state index contributed by atoms with van der Waals surface area (Å²) < 4.78 is 90.4. The van der Waals surface area contributed by atoms with Crippen molar-refractivity contribution in [3.8, 4) is 0 Å². The van der Waals surface area contributed by atoms with Gasteiger partial charge in [-0.15, -0.1) is 0 Å². The molecule has 29 heavy (non-hydrogen) atoms. The van der Waals surface area contributed by atoms with E-state index >= 15 is 0 Å². The minimum absolute atomic E-state index is 0.145. The number of nitrogens with zero attached hydrogens (tertiary/aromatic N) is 2. The molecule has 154 valence electrons. The maximum atomic E-state index is 13.4. The first-order chi connectivity index (χ1) is 13.4. The SMILES string of the molecule is O=C(Nc1cnn(Cc2cccc3ccccc23)c1)C(F)(F)C(F)(F)C(F)(F)F. The predicted octanol–water partition coefficient (Wildman–Crippen LogP) is 4.86. The van der Waals surface area contributed by atoms with E-state index in [1.165, 1.54) is 10.00 Å². The molecule has 0 unspecified atom stereocenters. The molecule has 1 N–H and O–H groups in total. The first-order valence-electron chi connectivity index (χ1n) is 8.06. The topological polar surface area (TPSA) is 46.9 Å². The molecule has 0 aliphatic heterocycles. The second kappa shape index (κ2) is 7.05. The van der Waals surface area contributed by atoms with E-state index in [1.807, 2.05) is 30.3 Å². The zero-order chi connectivity index (χ0) is 21.4. The standard InChI is InChI=1S/C18H12F7N3O/c19-16(20,17(21,22)18(23,24)25)15(29)27-13-8-26-28(10-13)9-12-6-3-5-11-4-1-2-7-14(11)12/h1-8,10H,9H2,(H,27,29). The highest BCUT2D eigenvalue weighted by molar-refractivity contribution is 5.96. The van der Waals surface area contributed by atoms with E-state index in [9.17, 15) is 35.5 Å². The number of amides is 1. The van der Waals surface area contributed by atoms with Gasteiger partial charge in [-0.25, -0.2) is 0 Å². The van der Waals surface area contributed by atoms with Gasteiger partial charge in [0.05, 0.1) is 18.4 Å². The number of aromatic nitrogens is 2. The lowest BCUT2D eigenvalue weighted by atomic mass is 10.0. The third kappa shape index (κ3) is 3.76. The van der Waals surface area contributed by atoms with Crippen molar-refractivity contribution in [3.63, 3.8) is 0 Å². The molecule has 1 amide bonds. The van der Waals surface area contributed by atoms with Crippen LogP contribution >= 0.6 is 0 Å². The average molecular weight is 419 g/mol. The number of rotatable bonds is 5. The maximum Gasteiger partial charge on any atom is 0.460 e. The Kier molecular flexibility index (Phi) is 5.01. The van der Waals surface area contributed by atoms with Crippen molar-refractivity contribution in [1.82, 2.24) is 9.78 Å². The minimum atomic E-state index is -6.59. The highest BCUT2D eigenvalue weighted by Gasteiger charge is 2.76. The lowest BCUT2D eigenvalue weighted by Crippen LogP contribution is -2.57. The molecule has 0 saturated heterocycles. The van der Waals surface area contributed by atoms with Gasteiger partial charge < -0.3 is 5.32 Å². The van der Waals surface area contributed by atoms with Gasteiger partial charge in [0.2, 0.25) is 0 Å². The summed E-state index contributed by atoms with van der Waals surface area (Å²) in [5.41, 5.74) is 0.339. The molecule has 0 aliphatic rings. The van der Waals surface area contributed by atoms with Crippen LogP contribution in [0.5, 0.6) is 0 Å². The Balaban J connectivity index is 1.77. The van der Waals surface area contributed by atoms with Crippen LogP contribution in [0.25, 0.3) is 10.8 Å². The summed E-state index contributed by atoms with van der Waals surface area (Å²) in [5.74, 6) is -15.3. The van der Waals surface area contributed by atoms with Crippen LogP contribution in [0.1, 0.15) is 5.56 Å². The Morgan fingerprint density at radius 2 is 1.62 bits per heavy atom. The summed E-state index contributed by atoms with van der Waals surface area (Å²) in [7, 11) is 0. The van der Waals surface area contributed by atoms with E-state index in [0.29, 0.717) is 0 Å². The molecular weight excluding hydrogens is 407 g/mol. The third-order valence-electron chi connectivity index (χ3n) is 4.14. The Labute approximate surface area is 158 Å². The van der Waals surface area contributed by atoms with Crippen molar-refractivity contribution in [3.05, 3.63) is 60.4 Å². The van der Waals surface area contributed by atoms with Crippen molar-refractivity contribution in [2.75, 3.05) is 5.32 Å². The van der Waals surface area contributed by atoms with Gasteiger partial charge >= 0.3 is 23.9 Å². The fourth-order valence-electron chi connectivity index (χ4n) is 2.65. The van der Waals surface area contributed by atoms with E-state index < -0.39 is 29.6 Å². The van der Waals surface area contributed by atoms with Gasteiger partial charge in [0.15, 0.2) is 0 Å². The van der Waals surface area contributed by atoms with Crippen molar-refractivity contribution in [2.24, 2.45) is 0 Å². The summed E-state index contributed by atoms with van der Waals surface area (Å²) in [5, 5.41) is 6.98. The summed E-state index contributed by atoms with van der Waals surface area (Å²) in [6, 6.07) is 12.8. The van der Waals surface area contributed by atoms with Crippen molar-refractivity contribution < 1.29 is 35.5 Å². The lowest BCUT2D eigenvalue weighted by Gasteiger charge is -2.26. The molecule has 3 aromatic rings. The van der Waals surface area contributed by atoms with Crippen LogP contribution in [0, 0.1) is 0 Å². The minimum Gasteiger partial charge on any atom is -0.318 e. The summed E-state index contributed by atoms with van der Waals surface area (Å²) in [6.07, 6.45) is -4.68. The fraction of sp³-hybridized carbons (Fsp3) is 0.222. The number of benzene rings is 2. The molecule has 0 spiro atoms. The number of nitrogens with one attached hydrogen (secondary N) is 1. The molecule has 1 heterocycles. The van der Waals surface area contributed by atoms with Gasteiger partial charge in [-0.3, -0.25) is 9.48 Å². The third-order valence-corrected chi connectivity index (χ3v) is 4.14. The van der Waals surface area contributed by atoms with Crippen LogP contribution in [0.4, 0.5) is 36.4 Å². The first kappa shape index (κ1) is 20.6. The fourth-order valence-corrected chi connectivity index (χ4v) is 2.65. The number of carbonyl (C=O) groups is 1. The molecule has 11 heteroatoms. The number of carbonyl (C=O) groups excluding carboxylic acids is 1. The van der Waals surface area contributed by atoms with Gasteiger partial charge in [-0.1, -0.05) is 42.5 Å². The Bertz CT molecular complexity index is 1040. The molecule has 0 radical (unpaired) electrons. The second-order valence-electron chi connectivity index (χ2n) is 6.17. The Hall–Kier alpha value is -3.11. The van der Waals surface area contributed by atoms with Gasteiger partial charge in [-0.05, 0) is 16.3 Å². The highest BCUT2D eigenvalue weighted by Crippen LogP contribution is 2.46. The number of fused-ring (bicyclic) bond motifs is 1.